The van der Waals surface area contributed by atoms with E-state index < -0.39 is 5.97 Å². The normalized spacial score (nSPS) is 10.8. The summed E-state index contributed by atoms with van der Waals surface area (Å²) in [5, 5.41) is 0. The lowest BCUT2D eigenvalue weighted by Gasteiger charge is -2.08. The van der Waals surface area contributed by atoms with Crippen molar-refractivity contribution in [2.45, 2.75) is 13.8 Å². The Morgan fingerprint density at radius 2 is 1.29 bits per heavy atom. The first-order valence-corrected chi connectivity index (χ1v) is 7.27. The van der Waals surface area contributed by atoms with E-state index in [1.165, 1.54) is 0 Å². The van der Waals surface area contributed by atoms with Crippen LogP contribution in [0.5, 0.6) is 0 Å². The molecule has 21 heavy (non-hydrogen) atoms. The van der Waals surface area contributed by atoms with E-state index in [0.29, 0.717) is 52.2 Å². The molecule has 0 unspecified atom stereocenters. The second-order valence-corrected chi connectivity index (χ2v) is 4.68. The summed E-state index contributed by atoms with van der Waals surface area (Å²) in [4.78, 5) is 10.7. The average Bonchev–Trinajstić information content (AvgIpc) is 2.46. The summed E-state index contributed by atoms with van der Waals surface area (Å²) < 4.78 is 26.0. The molecule has 0 N–H and O–H groups in total. The van der Waals surface area contributed by atoms with E-state index in [-0.39, 0.29) is 6.61 Å². The Bertz CT molecular complexity index is 255. The molecule has 0 saturated heterocycles. The van der Waals surface area contributed by atoms with Gasteiger partial charge in [0.25, 0.3) is 0 Å². The molecule has 0 bridgehead atoms. The first kappa shape index (κ1) is 20.1. The molecule has 0 radical (unpaired) electrons. The van der Waals surface area contributed by atoms with Gasteiger partial charge in [-0.15, -0.1) is 0 Å². The monoisotopic (exact) mass is 304 g/mol. The van der Waals surface area contributed by atoms with Crippen molar-refractivity contribution in [2.24, 2.45) is 5.92 Å². The Balaban J connectivity index is 3.02. The lowest BCUT2D eigenvalue weighted by molar-refractivity contribution is -0.139. The third-order valence-electron chi connectivity index (χ3n) is 2.21. The molecule has 0 atom stereocenters. The maximum atomic E-state index is 10.7. The van der Waals surface area contributed by atoms with Crippen LogP contribution in [0.1, 0.15) is 13.8 Å². The molecule has 0 aromatic heterocycles. The maximum absolute atomic E-state index is 10.7. The van der Waals surface area contributed by atoms with Gasteiger partial charge in [0.1, 0.15) is 6.61 Å². The predicted molar refractivity (Wildman–Crippen MR) is 79.3 cm³/mol. The summed E-state index contributed by atoms with van der Waals surface area (Å²) in [6.07, 6.45) is 1.12. The van der Waals surface area contributed by atoms with Gasteiger partial charge in [-0.25, -0.2) is 4.79 Å². The minimum Gasteiger partial charge on any atom is -0.460 e. The summed E-state index contributed by atoms with van der Waals surface area (Å²) in [7, 11) is 0. The fraction of sp³-hybridized carbons (Fsp3) is 0.800. The summed E-state index contributed by atoms with van der Waals surface area (Å²) in [5.41, 5.74) is 0. The van der Waals surface area contributed by atoms with E-state index in [2.05, 4.69) is 20.4 Å². The number of carbonyl (C=O) groups is 1. The third kappa shape index (κ3) is 17.0. The molecule has 0 amide bonds. The summed E-state index contributed by atoms with van der Waals surface area (Å²) >= 11 is 0. The van der Waals surface area contributed by atoms with Crippen LogP contribution in [-0.4, -0.2) is 65.4 Å². The van der Waals surface area contributed by atoms with Crippen molar-refractivity contribution in [3.8, 4) is 0 Å². The van der Waals surface area contributed by atoms with Crippen LogP contribution in [0.3, 0.4) is 0 Å². The van der Waals surface area contributed by atoms with E-state index >= 15 is 0 Å². The van der Waals surface area contributed by atoms with Gasteiger partial charge in [-0.2, -0.15) is 0 Å². The molecular weight excluding hydrogens is 276 g/mol. The van der Waals surface area contributed by atoms with Gasteiger partial charge in [0.15, 0.2) is 0 Å². The highest BCUT2D eigenvalue weighted by Gasteiger charge is 1.96. The summed E-state index contributed by atoms with van der Waals surface area (Å²) in [6.45, 7) is 12.1. The molecule has 0 aliphatic heterocycles. The van der Waals surface area contributed by atoms with E-state index in [9.17, 15) is 4.79 Å². The Morgan fingerprint density at radius 1 is 0.857 bits per heavy atom. The predicted octanol–water partition coefficient (Wildman–Crippen LogP) is 1.44. The van der Waals surface area contributed by atoms with Crippen LogP contribution in [0.25, 0.3) is 0 Å². The van der Waals surface area contributed by atoms with Gasteiger partial charge in [-0.3, -0.25) is 0 Å². The highest BCUT2D eigenvalue weighted by Crippen LogP contribution is 1.91. The fourth-order valence-corrected chi connectivity index (χ4v) is 1.24. The molecule has 0 fully saturated rings. The lowest BCUT2D eigenvalue weighted by atomic mass is 10.2. The molecule has 6 heteroatoms. The minimum atomic E-state index is -0.440. The zero-order valence-corrected chi connectivity index (χ0v) is 13.2. The van der Waals surface area contributed by atoms with Gasteiger partial charge in [0, 0.05) is 12.7 Å². The van der Waals surface area contributed by atoms with Crippen molar-refractivity contribution in [2.75, 3.05) is 59.5 Å². The molecular formula is C15H28O6. The van der Waals surface area contributed by atoms with E-state index in [1.54, 1.807) is 0 Å². The summed E-state index contributed by atoms with van der Waals surface area (Å²) in [6, 6.07) is 0. The molecule has 0 aliphatic carbocycles. The highest BCUT2D eigenvalue weighted by molar-refractivity contribution is 5.81. The fourth-order valence-electron chi connectivity index (χ4n) is 1.24. The smallest absolute Gasteiger partial charge is 0.330 e. The molecule has 6 nitrogen and oxygen atoms in total. The van der Waals surface area contributed by atoms with Gasteiger partial charge >= 0.3 is 5.97 Å². The highest BCUT2D eigenvalue weighted by atomic mass is 16.6. The number of carbonyl (C=O) groups excluding carboxylic acids is 1. The zero-order valence-electron chi connectivity index (χ0n) is 13.2. The number of hydrogen-bond donors (Lipinski definition) is 0. The van der Waals surface area contributed by atoms with Crippen LogP contribution < -0.4 is 0 Å². The second-order valence-electron chi connectivity index (χ2n) is 4.68. The van der Waals surface area contributed by atoms with Crippen molar-refractivity contribution in [3.63, 3.8) is 0 Å². The van der Waals surface area contributed by atoms with Gasteiger partial charge in [-0.1, -0.05) is 20.4 Å². The first-order valence-electron chi connectivity index (χ1n) is 7.27. The molecule has 0 aromatic carbocycles. The maximum Gasteiger partial charge on any atom is 0.330 e. The largest absolute Gasteiger partial charge is 0.460 e. The van der Waals surface area contributed by atoms with Crippen molar-refractivity contribution >= 4 is 5.97 Å². The van der Waals surface area contributed by atoms with Crippen molar-refractivity contribution in [1.29, 1.82) is 0 Å². The van der Waals surface area contributed by atoms with Crippen molar-refractivity contribution in [3.05, 3.63) is 12.7 Å². The van der Waals surface area contributed by atoms with Gasteiger partial charge in [-0.05, 0) is 5.92 Å². The molecule has 0 spiro atoms. The Hall–Kier alpha value is -0.950. The van der Waals surface area contributed by atoms with Gasteiger partial charge in [0.05, 0.1) is 46.2 Å². The van der Waals surface area contributed by atoms with Crippen LogP contribution >= 0.6 is 0 Å². The Labute approximate surface area is 127 Å². The molecule has 124 valence electrons. The second kappa shape index (κ2) is 15.4. The number of rotatable bonds is 15. The van der Waals surface area contributed by atoms with Crippen molar-refractivity contribution < 1.29 is 28.5 Å². The molecule has 0 saturated carbocycles. The molecule has 0 aromatic rings. The van der Waals surface area contributed by atoms with E-state index in [0.717, 1.165) is 12.7 Å². The van der Waals surface area contributed by atoms with Crippen LogP contribution in [0.2, 0.25) is 0 Å². The van der Waals surface area contributed by atoms with Crippen LogP contribution in [0.4, 0.5) is 0 Å². The third-order valence-corrected chi connectivity index (χ3v) is 2.21. The number of esters is 1. The number of hydrogen-bond acceptors (Lipinski definition) is 6. The van der Waals surface area contributed by atoms with E-state index in [4.69, 9.17) is 23.7 Å². The standard InChI is InChI=1S/C15H28O6/c1-4-15(16)21-12-11-19-8-7-17-5-6-18-9-10-20-13-14(2)3/h4,14H,1,5-13H2,2-3H3. The average molecular weight is 304 g/mol. The Kier molecular flexibility index (Phi) is 14.7. The quantitative estimate of drug-likeness (QED) is 0.259. The van der Waals surface area contributed by atoms with Crippen LogP contribution in [-0.2, 0) is 28.5 Å². The summed E-state index contributed by atoms with van der Waals surface area (Å²) in [5.74, 6) is 0.109. The Morgan fingerprint density at radius 3 is 1.71 bits per heavy atom. The molecule has 0 heterocycles. The number of ether oxygens (including phenoxy) is 5. The minimum absolute atomic E-state index is 0.227. The zero-order chi connectivity index (χ0) is 15.8. The lowest BCUT2D eigenvalue weighted by Crippen LogP contribution is -2.14. The van der Waals surface area contributed by atoms with Gasteiger partial charge in [0.2, 0.25) is 0 Å². The van der Waals surface area contributed by atoms with Gasteiger partial charge < -0.3 is 23.7 Å². The van der Waals surface area contributed by atoms with Crippen molar-refractivity contribution in [1.82, 2.24) is 0 Å². The SMILES string of the molecule is C=CC(=O)OCCOCCOCCOCCOCC(C)C. The first-order chi connectivity index (χ1) is 10.2. The van der Waals surface area contributed by atoms with Crippen LogP contribution in [0.15, 0.2) is 12.7 Å². The van der Waals surface area contributed by atoms with Crippen LogP contribution in [0, 0.1) is 5.92 Å². The van der Waals surface area contributed by atoms with E-state index in [1.807, 2.05) is 0 Å². The molecule has 0 aliphatic rings. The topological polar surface area (TPSA) is 63.2 Å². The molecule has 0 rings (SSSR count).